The molecule has 0 aromatic heterocycles. The van der Waals surface area contributed by atoms with Crippen molar-refractivity contribution in [2.24, 2.45) is 0 Å². The molecule has 110 valence electrons. The second kappa shape index (κ2) is 7.83. The van der Waals surface area contributed by atoms with E-state index in [-0.39, 0.29) is 0 Å². The molecule has 2 rings (SSSR count). The predicted octanol–water partition coefficient (Wildman–Crippen LogP) is 6.32. The van der Waals surface area contributed by atoms with Crippen LogP contribution >= 0.6 is 0 Å². The molecule has 21 heavy (non-hydrogen) atoms. The first-order valence-corrected chi connectivity index (χ1v) is 7.94. The first-order chi connectivity index (χ1) is 10.2. The van der Waals surface area contributed by atoms with Crippen LogP contribution in [0.5, 0.6) is 0 Å². The summed E-state index contributed by atoms with van der Waals surface area (Å²) in [7, 11) is 0. The molecule has 0 amide bonds. The van der Waals surface area contributed by atoms with Gasteiger partial charge in [0.05, 0.1) is 0 Å². The van der Waals surface area contributed by atoms with Gasteiger partial charge in [-0.25, -0.2) is 0 Å². The van der Waals surface area contributed by atoms with Crippen molar-refractivity contribution in [2.45, 2.75) is 45.4 Å². The summed E-state index contributed by atoms with van der Waals surface area (Å²) in [6.07, 6.45) is 4.61. The molecule has 0 radical (unpaired) electrons. The lowest BCUT2D eigenvalue weighted by molar-refractivity contribution is 0.669. The maximum atomic E-state index is 2.33. The van der Waals surface area contributed by atoms with E-state index in [1.165, 1.54) is 11.1 Å². The summed E-state index contributed by atoms with van der Waals surface area (Å²) in [5.41, 5.74) is 4.43. The second-order valence-corrected chi connectivity index (χ2v) is 5.98. The van der Waals surface area contributed by atoms with E-state index in [2.05, 4.69) is 87.5 Å². The Kier molecular flexibility index (Phi) is 5.80. The highest BCUT2D eigenvalue weighted by Gasteiger charge is 2.12. The van der Waals surface area contributed by atoms with Crippen molar-refractivity contribution < 1.29 is 0 Å². The minimum Gasteiger partial charge on any atom is -0.0884 e. The third-order valence-corrected chi connectivity index (χ3v) is 4.28. The third-order valence-electron chi connectivity index (χ3n) is 4.28. The molecule has 2 aromatic carbocycles. The summed E-state index contributed by atoms with van der Waals surface area (Å²) in [4.78, 5) is 0. The van der Waals surface area contributed by atoms with E-state index in [4.69, 9.17) is 0 Å². The number of hydrogen-bond donors (Lipinski definition) is 0. The maximum absolute atomic E-state index is 2.33. The first kappa shape index (κ1) is 15.6. The van der Waals surface area contributed by atoms with Gasteiger partial charge in [-0.2, -0.15) is 0 Å². The molecule has 0 heterocycles. The summed E-state index contributed by atoms with van der Waals surface area (Å²) < 4.78 is 0. The summed E-state index contributed by atoms with van der Waals surface area (Å²) >= 11 is 0. The van der Waals surface area contributed by atoms with Crippen molar-refractivity contribution in [3.63, 3.8) is 0 Å². The monoisotopic (exact) mass is 278 g/mol. The van der Waals surface area contributed by atoms with Gasteiger partial charge in [0, 0.05) is 0 Å². The van der Waals surface area contributed by atoms with Gasteiger partial charge in [-0.15, -0.1) is 0 Å². The molecule has 0 heteroatoms. The van der Waals surface area contributed by atoms with Gasteiger partial charge in [0.25, 0.3) is 0 Å². The summed E-state index contributed by atoms with van der Waals surface area (Å²) in [5.74, 6) is 1.17. The van der Waals surface area contributed by atoms with Crippen LogP contribution < -0.4 is 0 Å². The van der Waals surface area contributed by atoms with Gasteiger partial charge >= 0.3 is 0 Å². The highest BCUT2D eigenvalue weighted by Crippen LogP contribution is 2.30. The van der Waals surface area contributed by atoms with E-state index in [1.807, 2.05) is 0 Å². The molecular formula is C21H26. The number of hydrogen-bond acceptors (Lipinski definition) is 0. The quantitative estimate of drug-likeness (QED) is 0.542. The zero-order chi connectivity index (χ0) is 15.1. The molecule has 0 aliphatic carbocycles. The Bertz CT molecular complexity index is 502. The highest BCUT2D eigenvalue weighted by molar-refractivity contribution is 5.24. The Morgan fingerprint density at radius 3 is 1.48 bits per heavy atom. The first-order valence-electron chi connectivity index (χ1n) is 7.94. The van der Waals surface area contributed by atoms with Crippen LogP contribution in [0.25, 0.3) is 0 Å². The van der Waals surface area contributed by atoms with Gasteiger partial charge in [-0.05, 0) is 42.7 Å². The lowest BCUT2D eigenvalue weighted by Crippen LogP contribution is -2.00. The van der Waals surface area contributed by atoms with Gasteiger partial charge in [-0.3, -0.25) is 0 Å². The van der Waals surface area contributed by atoms with Crippen LogP contribution in [-0.2, 0) is 0 Å². The van der Waals surface area contributed by atoms with Crippen molar-refractivity contribution in [2.75, 3.05) is 0 Å². The van der Waals surface area contributed by atoms with Crippen molar-refractivity contribution in [1.29, 1.82) is 0 Å². The summed E-state index contributed by atoms with van der Waals surface area (Å²) in [6.45, 7) is 6.82. The van der Waals surface area contributed by atoms with Crippen molar-refractivity contribution >= 4 is 0 Å². The molecule has 2 unspecified atom stereocenters. The van der Waals surface area contributed by atoms with Gasteiger partial charge in [0.2, 0.25) is 0 Å². The van der Waals surface area contributed by atoms with Gasteiger partial charge in [-0.1, -0.05) is 86.2 Å². The molecule has 0 aliphatic heterocycles. The van der Waals surface area contributed by atoms with Crippen LogP contribution in [0.3, 0.4) is 0 Å². The van der Waals surface area contributed by atoms with E-state index in [1.54, 1.807) is 5.57 Å². The van der Waals surface area contributed by atoms with E-state index in [0.29, 0.717) is 11.8 Å². The Morgan fingerprint density at radius 2 is 1.14 bits per heavy atom. The van der Waals surface area contributed by atoms with Crippen molar-refractivity contribution in [3.05, 3.63) is 83.4 Å². The molecule has 0 N–H and O–H groups in total. The van der Waals surface area contributed by atoms with Crippen LogP contribution in [-0.4, -0.2) is 0 Å². The molecule has 0 aliphatic rings. The Balaban J connectivity index is 1.98. The standard InChI is InChI=1S/C21H26/c1-4-19(15-17(2)20-11-7-5-8-12-20)16-18(3)21-13-9-6-10-14-21/h4-14,17-18H,15-16H2,1-3H3. The second-order valence-electron chi connectivity index (χ2n) is 5.98. The fraction of sp³-hybridized carbons (Fsp3) is 0.333. The Labute approximate surface area is 129 Å². The van der Waals surface area contributed by atoms with Crippen LogP contribution in [0, 0.1) is 0 Å². The largest absolute Gasteiger partial charge is 0.0884 e. The zero-order valence-corrected chi connectivity index (χ0v) is 13.4. The van der Waals surface area contributed by atoms with Gasteiger partial charge < -0.3 is 0 Å². The molecule has 2 atom stereocenters. The maximum Gasteiger partial charge on any atom is -0.0153 e. The average Bonchev–Trinajstić information content (AvgIpc) is 2.55. The van der Waals surface area contributed by atoms with E-state index in [0.717, 1.165) is 12.8 Å². The van der Waals surface area contributed by atoms with Crippen LogP contribution in [0.15, 0.2) is 72.3 Å². The Hall–Kier alpha value is -1.82. The average molecular weight is 278 g/mol. The topological polar surface area (TPSA) is 0 Å². The number of rotatable bonds is 6. The molecular weight excluding hydrogens is 252 g/mol. The van der Waals surface area contributed by atoms with Gasteiger partial charge in [0.15, 0.2) is 0 Å². The summed E-state index contributed by atoms with van der Waals surface area (Å²) in [6, 6.07) is 21.6. The van der Waals surface area contributed by atoms with Crippen molar-refractivity contribution in [1.82, 2.24) is 0 Å². The fourth-order valence-electron chi connectivity index (χ4n) is 2.90. The number of benzene rings is 2. The molecule has 2 aromatic rings. The zero-order valence-electron chi connectivity index (χ0n) is 13.4. The SMILES string of the molecule is CC=C(CC(C)c1ccccc1)CC(C)c1ccccc1. The number of allylic oxidation sites excluding steroid dienone is 2. The molecule has 0 bridgehead atoms. The molecule has 0 nitrogen and oxygen atoms in total. The lowest BCUT2D eigenvalue weighted by atomic mass is 9.87. The molecule has 0 fully saturated rings. The lowest BCUT2D eigenvalue weighted by Gasteiger charge is -2.18. The minimum atomic E-state index is 0.584. The third kappa shape index (κ3) is 4.60. The molecule has 0 saturated heterocycles. The predicted molar refractivity (Wildman–Crippen MR) is 92.7 cm³/mol. The molecule has 0 spiro atoms. The molecule has 0 saturated carbocycles. The van der Waals surface area contributed by atoms with Crippen LogP contribution in [0.2, 0.25) is 0 Å². The Morgan fingerprint density at radius 1 is 0.762 bits per heavy atom. The highest BCUT2D eigenvalue weighted by atomic mass is 14.2. The normalized spacial score (nSPS) is 13.5. The minimum absolute atomic E-state index is 0.584. The van der Waals surface area contributed by atoms with Crippen LogP contribution in [0.4, 0.5) is 0 Å². The smallest absolute Gasteiger partial charge is 0.0153 e. The van der Waals surface area contributed by atoms with Crippen molar-refractivity contribution in [3.8, 4) is 0 Å². The van der Waals surface area contributed by atoms with Gasteiger partial charge in [0.1, 0.15) is 0 Å². The van der Waals surface area contributed by atoms with E-state index in [9.17, 15) is 0 Å². The fourth-order valence-corrected chi connectivity index (χ4v) is 2.90. The van der Waals surface area contributed by atoms with Crippen LogP contribution in [0.1, 0.15) is 56.6 Å². The van der Waals surface area contributed by atoms with E-state index < -0.39 is 0 Å². The summed E-state index contributed by atoms with van der Waals surface area (Å²) in [5, 5.41) is 0. The van der Waals surface area contributed by atoms with E-state index >= 15 is 0 Å².